The van der Waals surface area contributed by atoms with Gasteiger partial charge in [-0.15, -0.1) is 0 Å². The van der Waals surface area contributed by atoms with Crippen LogP contribution in [0.4, 0.5) is 5.69 Å². The number of carbonyl (C=O) groups is 2. The fourth-order valence-corrected chi connectivity index (χ4v) is 2.40. The zero-order chi connectivity index (χ0) is 15.4. The van der Waals surface area contributed by atoms with E-state index in [0.29, 0.717) is 36.0 Å². The third-order valence-electron chi connectivity index (χ3n) is 3.29. The summed E-state index contributed by atoms with van der Waals surface area (Å²) >= 11 is 5.92. The van der Waals surface area contributed by atoms with Gasteiger partial charge in [-0.25, -0.2) is 0 Å². The van der Waals surface area contributed by atoms with Crippen LogP contribution in [0.25, 0.3) is 0 Å². The minimum absolute atomic E-state index is 0.179. The predicted molar refractivity (Wildman–Crippen MR) is 80.2 cm³/mol. The van der Waals surface area contributed by atoms with Crippen molar-refractivity contribution in [3.63, 3.8) is 0 Å². The molecule has 6 nitrogen and oxygen atoms in total. The Morgan fingerprint density at radius 1 is 1.52 bits per heavy atom. The van der Waals surface area contributed by atoms with Crippen molar-refractivity contribution in [3.8, 4) is 0 Å². The topological polar surface area (TPSA) is 84.7 Å². The summed E-state index contributed by atoms with van der Waals surface area (Å²) in [7, 11) is 0. The number of nitrogen functional groups attached to an aromatic ring is 1. The number of carbonyl (C=O) groups excluding carboxylic acids is 2. The lowest BCUT2D eigenvalue weighted by Gasteiger charge is -2.34. The molecule has 3 N–H and O–H groups in total. The van der Waals surface area contributed by atoms with Gasteiger partial charge in [0.1, 0.15) is 6.04 Å². The van der Waals surface area contributed by atoms with E-state index in [0.717, 1.165) is 0 Å². The summed E-state index contributed by atoms with van der Waals surface area (Å²) in [5.74, 6) is -0.541. The van der Waals surface area contributed by atoms with E-state index in [2.05, 4.69) is 5.32 Å². The van der Waals surface area contributed by atoms with E-state index in [4.69, 9.17) is 22.1 Å². The second-order valence-electron chi connectivity index (χ2n) is 4.72. The Bertz CT molecular complexity index is 550. The SMILES string of the molecule is CCNC(=O)C1COCCN1C(=O)c1cc(Cl)ccc1N. The van der Waals surface area contributed by atoms with Gasteiger partial charge in [0.2, 0.25) is 5.91 Å². The maximum Gasteiger partial charge on any atom is 0.256 e. The first kappa shape index (κ1) is 15.6. The van der Waals surface area contributed by atoms with Crippen LogP contribution in [-0.2, 0) is 9.53 Å². The number of hydrogen-bond acceptors (Lipinski definition) is 4. The molecule has 0 saturated carbocycles. The molecule has 1 atom stereocenters. The highest BCUT2D eigenvalue weighted by atomic mass is 35.5. The fraction of sp³-hybridized carbons (Fsp3) is 0.429. The average molecular weight is 312 g/mol. The molecule has 1 aliphatic heterocycles. The average Bonchev–Trinajstić information content (AvgIpc) is 2.49. The lowest BCUT2D eigenvalue weighted by molar-refractivity contribution is -0.130. The van der Waals surface area contributed by atoms with Crippen molar-refractivity contribution >= 4 is 29.1 Å². The third-order valence-corrected chi connectivity index (χ3v) is 3.52. The molecule has 1 unspecified atom stereocenters. The van der Waals surface area contributed by atoms with Gasteiger partial charge in [-0.1, -0.05) is 11.6 Å². The van der Waals surface area contributed by atoms with E-state index in [1.54, 1.807) is 12.1 Å². The van der Waals surface area contributed by atoms with Crippen LogP contribution in [-0.4, -0.2) is 49.1 Å². The van der Waals surface area contributed by atoms with Gasteiger partial charge >= 0.3 is 0 Å². The molecule has 1 aliphatic rings. The summed E-state index contributed by atoms with van der Waals surface area (Å²) in [4.78, 5) is 26.2. The predicted octanol–water partition coefficient (Wildman–Crippen LogP) is 0.899. The Hall–Kier alpha value is -1.79. The summed E-state index contributed by atoms with van der Waals surface area (Å²) in [6.07, 6.45) is 0. The molecule has 1 aromatic rings. The van der Waals surface area contributed by atoms with Gasteiger partial charge in [0.25, 0.3) is 5.91 Å². The van der Waals surface area contributed by atoms with Crippen molar-refractivity contribution in [3.05, 3.63) is 28.8 Å². The lowest BCUT2D eigenvalue weighted by Crippen LogP contribution is -2.55. The molecule has 2 amide bonds. The molecule has 21 heavy (non-hydrogen) atoms. The molecule has 0 spiro atoms. The molecule has 2 rings (SSSR count). The number of anilines is 1. The Kier molecular flexibility index (Phi) is 5.03. The van der Waals surface area contributed by atoms with Crippen LogP contribution in [0.2, 0.25) is 5.02 Å². The van der Waals surface area contributed by atoms with E-state index in [1.807, 2.05) is 6.92 Å². The van der Waals surface area contributed by atoms with E-state index >= 15 is 0 Å². The van der Waals surface area contributed by atoms with Crippen LogP contribution in [0.15, 0.2) is 18.2 Å². The molecular formula is C14H18ClN3O3. The number of likely N-dealkylation sites (N-methyl/N-ethyl adjacent to an activating group) is 1. The van der Waals surface area contributed by atoms with Gasteiger partial charge in [0.05, 0.1) is 18.8 Å². The fourth-order valence-electron chi connectivity index (χ4n) is 2.22. The van der Waals surface area contributed by atoms with Gasteiger partial charge in [-0.2, -0.15) is 0 Å². The molecule has 0 radical (unpaired) electrons. The summed E-state index contributed by atoms with van der Waals surface area (Å²) in [5, 5.41) is 3.13. The normalized spacial score (nSPS) is 18.4. The summed E-state index contributed by atoms with van der Waals surface area (Å²) in [6.45, 7) is 3.23. The van der Waals surface area contributed by atoms with Crippen LogP contribution >= 0.6 is 11.6 Å². The maximum absolute atomic E-state index is 12.6. The third kappa shape index (κ3) is 3.46. The van der Waals surface area contributed by atoms with E-state index in [9.17, 15) is 9.59 Å². The first-order chi connectivity index (χ1) is 10.0. The molecule has 0 bridgehead atoms. The number of nitrogens with two attached hydrogens (primary N) is 1. The van der Waals surface area contributed by atoms with Crippen molar-refractivity contribution in [2.24, 2.45) is 0 Å². The first-order valence-electron chi connectivity index (χ1n) is 6.76. The largest absolute Gasteiger partial charge is 0.398 e. The molecule has 1 heterocycles. The molecule has 7 heteroatoms. The molecule has 0 aliphatic carbocycles. The molecule has 1 fully saturated rings. The standard InChI is InChI=1S/C14H18ClN3O3/c1-2-17-13(19)12-8-21-6-5-18(12)14(20)10-7-9(15)3-4-11(10)16/h3-4,7,12H,2,5-6,8,16H2,1H3,(H,17,19). The van der Waals surface area contributed by atoms with Crippen molar-refractivity contribution in [1.82, 2.24) is 10.2 Å². The quantitative estimate of drug-likeness (QED) is 0.812. The Balaban J connectivity index is 2.26. The summed E-state index contributed by atoms with van der Waals surface area (Å²) in [5.41, 5.74) is 6.48. The smallest absolute Gasteiger partial charge is 0.256 e. The van der Waals surface area contributed by atoms with Crippen LogP contribution < -0.4 is 11.1 Å². The van der Waals surface area contributed by atoms with Gasteiger partial charge in [0.15, 0.2) is 0 Å². The van der Waals surface area contributed by atoms with Crippen molar-refractivity contribution in [1.29, 1.82) is 0 Å². The number of benzene rings is 1. The van der Waals surface area contributed by atoms with Gasteiger partial charge in [0, 0.05) is 23.8 Å². The Morgan fingerprint density at radius 2 is 2.29 bits per heavy atom. The van der Waals surface area contributed by atoms with Gasteiger partial charge < -0.3 is 20.7 Å². The highest BCUT2D eigenvalue weighted by Crippen LogP contribution is 2.21. The minimum atomic E-state index is -0.649. The zero-order valence-corrected chi connectivity index (χ0v) is 12.5. The van der Waals surface area contributed by atoms with Crippen molar-refractivity contribution in [2.75, 3.05) is 32.0 Å². The number of nitrogens with one attached hydrogen (secondary N) is 1. The molecule has 0 aromatic heterocycles. The van der Waals surface area contributed by atoms with Gasteiger partial charge in [-0.3, -0.25) is 9.59 Å². The number of ether oxygens (including phenoxy) is 1. The number of morpholine rings is 1. The van der Waals surface area contributed by atoms with Crippen LogP contribution in [0.5, 0.6) is 0 Å². The van der Waals surface area contributed by atoms with E-state index < -0.39 is 6.04 Å². The second-order valence-corrected chi connectivity index (χ2v) is 5.15. The van der Waals surface area contributed by atoms with Gasteiger partial charge in [-0.05, 0) is 25.1 Å². The van der Waals surface area contributed by atoms with Crippen LogP contribution in [0, 0.1) is 0 Å². The maximum atomic E-state index is 12.6. The Labute approximate surface area is 128 Å². The van der Waals surface area contributed by atoms with Crippen LogP contribution in [0.1, 0.15) is 17.3 Å². The van der Waals surface area contributed by atoms with Crippen LogP contribution in [0.3, 0.4) is 0 Å². The van der Waals surface area contributed by atoms with E-state index in [-0.39, 0.29) is 18.4 Å². The monoisotopic (exact) mass is 311 g/mol. The van der Waals surface area contributed by atoms with E-state index in [1.165, 1.54) is 11.0 Å². The number of nitrogens with zero attached hydrogens (tertiary/aromatic N) is 1. The number of hydrogen-bond donors (Lipinski definition) is 2. The zero-order valence-electron chi connectivity index (χ0n) is 11.8. The van der Waals surface area contributed by atoms with Crippen molar-refractivity contribution in [2.45, 2.75) is 13.0 Å². The number of amides is 2. The first-order valence-corrected chi connectivity index (χ1v) is 7.13. The van der Waals surface area contributed by atoms with Crippen molar-refractivity contribution < 1.29 is 14.3 Å². The number of rotatable bonds is 3. The second kappa shape index (κ2) is 6.78. The molecule has 1 aromatic carbocycles. The Morgan fingerprint density at radius 3 is 3.00 bits per heavy atom. The highest BCUT2D eigenvalue weighted by Gasteiger charge is 2.33. The minimum Gasteiger partial charge on any atom is -0.398 e. The molecular weight excluding hydrogens is 294 g/mol. The summed E-state index contributed by atoms with van der Waals surface area (Å²) < 4.78 is 5.31. The molecule has 114 valence electrons. The molecule has 1 saturated heterocycles. The highest BCUT2D eigenvalue weighted by molar-refractivity contribution is 6.31. The number of halogens is 1. The lowest BCUT2D eigenvalue weighted by atomic mass is 10.1. The summed E-state index contributed by atoms with van der Waals surface area (Å²) in [6, 6.07) is 4.07.